The van der Waals surface area contributed by atoms with Crippen LogP contribution in [0.3, 0.4) is 0 Å². The Bertz CT molecular complexity index is 1120. The minimum atomic E-state index is -4.51. The van der Waals surface area contributed by atoms with Gasteiger partial charge in [-0.25, -0.2) is 14.5 Å². The van der Waals surface area contributed by atoms with Crippen molar-refractivity contribution in [3.05, 3.63) is 46.1 Å². The highest BCUT2D eigenvalue weighted by Gasteiger charge is 2.33. The van der Waals surface area contributed by atoms with Crippen LogP contribution in [0.5, 0.6) is 0 Å². The number of rotatable bonds is 2. The number of aryl methyl sites for hydroxylation is 2. The molecule has 1 amide bonds. The van der Waals surface area contributed by atoms with Gasteiger partial charge in [0, 0.05) is 43.8 Å². The van der Waals surface area contributed by atoms with E-state index in [9.17, 15) is 18.0 Å². The Morgan fingerprint density at radius 1 is 1.10 bits per heavy atom. The van der Waals surface area contributed by atoms with Crippen LogP contribution in [-0.4, -0.2) is 61.6 Å². The first-order valence-electron chi connectivity index (χ1n) is 9.11. The van der Waals surface area contributed by atoms with Crippen molar-refractivity contribution in [3.63, 3.8) is 0 Å². The molecule has 3 aromatic heterocycles. The zero-order valence-electron chi connectivity index (χ0n) is 16.1. The van der Waals surface area contributed by atoms with E-state index in [1.54, 1.807) is 9.80 Å². The van der Waals surface area contributed by atoms with Gasteiger partial charge in [0.2, 0.25) is 5.82 Å². The summed E-state index contributed by atoms with van der Waals surface area (Å²) in [5, 5.41) is 4.17. The maximum absolute atomic E-state index is 12.8. The van der Waals surface area contributed by atoms with Crippen LogP contribution in [0.1, 0.15) is 27.6 Å². The van der Waals surface area contributed by atoms with Gasteiger partial charge >= 0.3 is 6.18 Å². The second-order valence-corrected chi connectivity index (χ2v) is 7.40. The Morgan fingerprint density at radius 2 is 1.80 bits per heavy atom. The van der Waals surface area contributed by atoms with Gasteiger partial charge in [0.05, 0.1) is 10.6 Å². The molecule has 0 bridgehead atoms. The maximum Gasteiger partial charge on any atom is 0.417 e. The standard InChI is InChI=1S/C18H17ClF3N7O/c1-10-7-11(2)29-17(24-10)25-14(26-29)16(30)28-5-3-27(4-6-28)15-13(19)8-12(9-23-15)18(20,21)22/h7-9H,3-6H2,1-2H3. The Kier molecular flexibility index (Phi) is 5.00. The third-order valence-corrected chi connectivity index (χ3v) is 5.10. The summed E-state index contributed by atoms with van der Waals surface area (Å²) in [4.78, 5) is 28.5. The zero-order chi connectivity index (χ0) is 21.6. The van der Waals surface area contributed by atoms with E-state index in [0.717, 1.165) is 23.7 Å². The summed E-state index contributed by atoms with van der Waals surface area (Å²) in [6.45, 7) is 5.09. The van der Waals surface area contributed by atoms with Crippen LogP contribution in [0, 0.1) is 13.8 Å². The van der Waals surface area contributed by atoms with E-state index in [1.165, 1.54) is 4.52 Å². The Balaban J connectivity index is 1.47. The molecule has 0 aliphatic carbocycles. The number of aromatic nitrogens is 5. The van der Waals surface area contributed by atoms with E-state index >= 15 is 0 Å². The largest absolute Gasteiger partial charge is 0.417 e. The van der Waals surface area contributed by atoms with Crippen molar-refractivity contribution in [2.75, 3.05) is 31.1 Å². The second kappa shape index (κ2) is 7.38. The average molecular weight is 440 g/mol. The number of alkyl halides is 3. The molecule has 30 heavy (non-hydrogen) atoms. The van der Waals surface area contributed by atoms with Crippen LogP contribution in [-0.2, 0) is 6.18 Å². The lowest BCUT2D eigenvalue weighted by atomic mass is 10.2. The Labute approximate surface area is 174 Å². The normalized spacial score (nSPS) is 15.1. The van der Waals surface area contributed by atoms with Crippen molar-refractivity contribution in [2.45, 2.75) is 20.0 Å². The number of pyridine rings is 1. The number of amides is 1. The van der Waals surface area contributed by atoms with Gasteiger partial charge in [-0.05, 0) is 26.0 Å². The number of piperazine rings is 1. The minimum Gasteiger partial charge on any atom is -0.352 e. The minimum absolute atomic E-state index is 0.0512. The summed E-state index contributed by atoms with van der Waals surface area (Å²) < 4.78 is 39.9. The molecular formula is C18H17ClF3N7O. The molecule has 12 heteroatoms. The van der Waals surface area contributed by atoms with E-state index < -0.39 is 11.7 Å². The predicted octanol–water partition coefficient (Wildman–Crippen LogP) is 2.77. The highest BCUT2D eigenvalue weighted by Crippen LogP contribution is 2.33. The number of halogens is 4. The molecule has 0 atom stereocenters. The number of anilines is 1. The zero-order valence-corrected chi connectivity index (χ0v) is 16.9. The molecule has 4 rings (SSSR count). The molecular weight excluding hydrogens is 423 g/mol. The predicted molar refractivity (Wildman–Crippen MR) is 103 cm³/mol. The molecule has 3 aromatic rings. The monoisotopic (exact) mass is 439 g/mol. The Hall–Kier alpha value is -2.95. The van der Waals surface area contributed by atoms with Gasteiger partial charge in [0.25, 0.3) is 11.7 Å². The third kappa shape index (κ3) is 3.76. The summed E-state index contributed by atoms with van der Waals surface area (Å²) in [6.07, 6.45) is -3.75. The number of carbonyl (C=O) groups is 1. The van der Waals surface area contributed by atoms with Gasteiger partial charge < -0.3 is 9.80 Å². The van der Waals surface area contributed by atoms with Gasteiger partial charge in [-0.2, -0.15) is 18.2 Å². The first kappa shape index (κ1) is 20.3. The molecule has 8 nitrogen and oxygen atoms in total. The van der Waals surface area contributed by atoms with Crippen LogP contribution in [0.2, 0.25) is 5.02 Å². The average Bonchev–Trinajstić information content (AvgIpc) is 3.11. The van der Waals surface area contributed by atoms with E-state index in [0.29, 0.717) is 32.0 Å². The molecule has 0 saturated carbocycles. The highest BCUT2D eigenvalue weighted by molar-refractivity contribution is 6.33. The molecule has 0 aromatic carbocycles. The highest BCUT2D eigenvalue weighted by atomic mass is 35.5. The molecule has 1 aliphatic heterocycles. The summed E-state index contributed by atoms with van der Waals surface area (Å²) in [7, 11) is 0. The van der Waals surface area contributed by atoms with Crippen LogP contribution in [0.4, 0.5) is 19.0 Å². The summed E-state index contributed by atoms with van der Waals surface area (Å²) in [5.74, 6) is 0.340. The lowest BCUT2D eigenvalue weighted by Crippen LogP contribution is -2.49. The van der Waals surface area contributed by atoms with E-state index in [-0.39, 0.29) is 22.6 Å². The van der Waals surface area contributed by atoms with Gasteiger partial charge in [0.1, 0.15) is 5.82 Å². The summed E-state index contributed by atoms with van der Waals surface area (Å²) >= 11 is 6.02. The van der Waals surface area contributed by atoms with Gasteiger partial charge in [0.15, 0.2) is 0 Å². The molecule has 0 spiro atoms. The quantitative estimate of drug-likeness (QED) is 0.611. The SMILES string of the molecule is Cc1cc(C)n2nc(C(=O)N3CCN(c4ncc(C(F)(F)F)cc4Cl)CC3)nc2n1. The number of carbonyl (C=O) groups excluding carboxylic acids is 1. The van der Waals surface area contributed by atoms with Crippen LogP contribution >= 0.6 is 11.6 Å². The van der Waals surface area contributed by atoms with Crippen molar-refractivity contribution >= 4 is 29.1 Å². The number of fused-ring (bicyclic) bond motifs is 1. The molecule has 0 unspecified atom stereocenters. The lowest BCUT2D eigenvalue weighted by Gasteiger charge is -2.35. The van der Waals surface area contributed by atoms with Crippen molar-refractivity contribution in [3.8, 4) is 0 Å². The third-order valence-electron chi connectivity index (χ3n) is 4.83. The van der Waals surface area contributed by atoms with E-state index in [2.05, 4.69) is 20.1 Å². The summed E-state index contributed by atoms with van der Waals surface area (Å²) in [6, 6.07) is 2.70. The summed E-state index contributed by atoms with van der Waals surface area (Å²) in [5.41, 5.74) is 0.694. The fourth-order valence-electron chi connectivity index (χ4n) is 3.34. The van der Waals surface area contributed by atoms with Crippen LogP contribution < -0.4 is 4.90 Å². The smallest absolute Gasteiger partial charge is 0.352 e. The first-order chi connectivity index (χ1) is 14.1. The maximum atomic E-state index is 12.8. The Morgan fingerprint density at radius 3 is 2.43 bits per heavy atom. The molecule has 1 aliphatic rings. The topological polar surface area (TPSA) is 79.5 Å². The molecule has 1 saturated heterocycles. The fraction of sp³-hybridized carbons (Fsp3) is 0.389. The van der Waals surface area contributed by atoms with E-state index in [4.69, 9.17) is 11.6 Å². The van der Waals surface area contributed by atoms with Gasteiger partial charge in [-0.15, -0.1) is 5.10 Å². The van der Waals surface area contributed by atoms with Gasteiger partial charge in [-0.3, -0.25) is 4.79 Å². The first-order valence-corrected chi connectivity index (χ1v) is 9.49. The number of hydrogen-bond acceptors (Lipinski definition) is 6. The molecule has 0 radical (unpaired) electrons. The van der Waals surface area contributed by atoms with E-state index in [1.807, 2.05) is 19.9 Å². The second-order valence-electron chi connectivity index (χ2n) is 6.99. The van der Waals surface area contributed by atoms with Gasteiger partial charge in [-0.1, -0.05) is 11.6 Å². The number of hydrogen-bond donors (Lipinski definition) is 0. The molecule has 1 fully saturated rings. The van der Waals surface area contributed by atoms with Crippen LogP contribution in [0.25, 0.3) is 5.78 Å². The number of nitrogens with zero attached hydrogens (tertiary/aromatic N) is 7. The fourth-order valence-corrected chi connectivity index (χ4v) is 3.62. The van der Waals surface area contributed by atoms with Crippen molar-refractivity contribution in [1.29, 1.82) is 0 Å². The molecule has 158 valence electrons. The van der Waals surface area contributed by atoms with Crippen molar-refractivity contribution < 1.29 is 18.0 Å². The van der Waals surface area contributed by atoms with Crippen molar-refractivity contribution in [1.82, 2.24) is 29.5 Å². The molecule has 4 heterocycles. The van der Waals surface area contributed by atoms with Crippen LogP contribution in [0.15, 0.2) is 18.3 Å². The lowest BCUT2D eigenvalue weighted by molar-refractivity contribution is -0.137. The van der Waals surface area contributed by atoms with Crippen molar-refractivity contribution in [2.24, 2.45) is 0 Å². The molecule has 0 N–H and O–H groups in total.